The molecule has 0 fully saturated rings. The summed E-state index contributed by atoms with van der Waals surface area (Å²) in [5.41, 5.74) is 1.97. The number of ketones is 1. The van der Waals surface area contributed by atoms with E-state index in [9.17, 15) is 9.59 Å². The van der Waals surface area contributed by atoms with Crippen LogP contribution < -0.4 is 5.32 Å². The molecule has 0 radical (unpaired) electrons. The second-order valence-corrected chi connectivity index (χ2v) is 5.55. The quantitative estimate of drug-likeness (QED) is 0.665. The Morgan fingerprint density at radius 3 is 2.48 bits per heavy atom. The molecule has 1 N–H and O–H groups in total. The number of anilines is 2. The van der Waals surface area contributed by atoms with Gasteiger partial charge in [-0.15, -0.1) is 11.3 Å². The minimum absolute atomic E-state index is 0.0517. The number of nitrogens with one attached hydrogen (secondary N) is 1. The molecule has 1 aromatic carbocycles. The van der Waals surface area contributed by atoms with Gasteiger partial charge < -0.3 is 10.1 Å². The maximum atomic E-state index is 12.1. The van der Waals surface area contributed by atoms with Crippen molar-refractivity contribution in [1.29, 1.82) is 0 Å². The largest absolute Gasteiger partial charge is 0.462 e. The van der Waals surface area contributed by atoms with Crippen LogP contribution >= 0.6 is 11.3 Å². The number of Topliss-reactive ketones (excluding diaryl/α,β-unsaturated/α-hetero) is 1. The second-order valence-electron chi connectivity index (χ2n) is 4.53. The monoisotopic (exact) mass is 303 g/mol. The first-order valence-corrected chi connectivity index (χ1v) is 7.49. The van der Waals surface area contributed by atoms with E-state index >= 15 is 0 Å². The van der Waals surface area contributed by atoms with Gasteiger partial charge in [-0.2, -0.15) is 0 Å². The van der Waals surface area contributed by atoms with Gasteiger partial charge in [-0.3, -0.25) is 4.79 Å². The van der Waals surface area contributed by atoms with Crippen molar-refractivity contribution in [3.05, 3.63) is 46.3 Å². The van der Waals surface area contributed by atoms with Crippen LogP contribution in [0.5, 0.6) is 0 Å². The lowest BCUT2D eigenvalue weighted by Gasteiger charge is -2.07. The molecule has 0 atom stereocenters. The van der Waals surface area contributed by atoms with Gasteiger partial charge in [0.25, 0.3) is 0 Å². The first kappa shape index (κ1) is 15.3. The zero-order valence-corrected chi connectivity index (χ0v) is 13.0. The molecule has 0 spiro atoms. The zero-order valence-electron chi connectivity index (χ0n) is 12.2. The Kier molecular flexibility index (Phi) is 4.75. The summed E-state index contributed by atoms with van der Waals surface area (Å²) in [5.74, 6) is -0.457. The number of esters is 1. The van der Waals surface area contributed by atoms with Gasteiger partial charge >= 0.3 is 5.97 Å². The molecular formula is C16H17NO3S. The highest BCUT2D eigenvalue weighted by molar-refractivity contribution is 7.18. The topological polar surface area (TPSA) is 55.4 Å². The van der Waals surface area contributed by atoms with E-state index in [0.29, 0.717) is 27.6 Å². The van der Waals surface area contributed by atoms with Gasteiger partial charge in [0.1, 0.15) is 5.00 Å². The molecule has 0 aliphatic heterocycles. The number of thiophene rings is 1. The molecule has 0 amide bonds. The van der Waals surface area contributed by atoms with Crippen LogP contribution in [0.3, 0.4) is 0 Å². The average molecular weight is 303 g/mol. The van der Waals surface area contributed by atoms with Crippen molar-refractivity contribution in [1.82, 2.24) is 0 Å². The summed E-state index contributed by atoms with van der Waals surface area (Å²) in [7, 11) is 0. The molecule has 4 nitrogen and oxygen atoms in total. The zero-order chi connectivity index (χ0) is 15.4. The highest BCUT2D eigenvalue weighted by Gasteiger charge is 2.24. The number of hydrogen-bond acceptors (Lipinski definition) is 5. The van der Waals surface area contributed by atoms with Crippen molar-refractivity contribution in [3.63, 3.8) is 0 Å². The molecule has 5 heteroatoms. The highest BCUT2D eigenvalue weighted by atomic mass is 32.1. The first-order valence-electron chi connectivity index (χ1n) is 6.68. The van der Waals surface area contributed by atoms with Crippen LogP contribution in [0.2, 0.25) is 0 Å². The molecule has 2 aromatic rings. The number of hydrogen-bond donors (Lipinski definition) is 1. The number of carbonyl (C=O) groups is 2. The molecule has 0 aliphatic carbocycles. The van der Waals surface area contributed by atoms with Crippen LogP contribution in [0.4, 0.5) is 10.7 Å². The summed E-state index contributed by atoms with van der Waals surface area (Å²) in [6.45, 7) is 5.33. The van der Waals surface area contributed by atoms with E-state index in [1.54, 1.807) is 13.8 Å². The molecule has 1 aromatic heterocycles. The van der Waals surface area contributed by atoms with Crippen molar-refractivity contribution in [2.24, 2.45) is 0 Å². The smallest absolute Gasteiger partial charge is 0.341 e. The SMILES string of the molecule is CCOC(=O)c1c(Nc2ccccc2)sc(C(C)=O)c1C. The summed E-state index contributed by atoms with van der Waals surface area (Å²) in [6, 6.07) is 9.52. The van der Waals surface area contributed by atoms with Crippen molar-refractivity contribution in [2.45, 2.75) is 20.8 Å². The van der Waals surface area contributed by atoms with Crippen molar-refractivity contribution in [3.8, 4) is 0 Å². The number of ether oxygens (including phenoxy) is 1. The Morgan fingerprint density at radius 2 is 1.90 bits per heavy atom. The maximum absolute atomic E-state index is 12.1. The van der Waals surface area contributed by atoms with Gasteiger partial charge in [-0.05, 0) is 38.5 Å². The third-order valence-corrected chi connectivity index (χ3v) is 4.29. The lowest BCUT2D eigenvalue weighted by molar-refractivity contribution is 0.0527. The summed E-state index contributed by atoms with van der Waals surface area (Å²) in [4.78, 5) is 24.4. The van der Waals surface area contributed by atoms with E-state index in [-0.39, 0.29) is 5.78 Å². The third-order valence-electron chi connectivity index (χ3n) is 2.98. The molecule has 2 rings (SSSR count). The van der Waals surface area contributed by atoms with Crippen LogP contribution in [0.15, 0.2) is 30.3 Å². The van der Waals surface area contributed by atoms with Crippen LogP contribution in [-0.2, 0) is 4.74 Å². The van der Waals surface area contributed by atoms with Gasteiger partial charge in [0.05, 0.1) is 17.0 Å². The maximum Gasteiger partial charge on any atom is 0.341 e. The molecule has 0 bridgehead atoms. The van der Waals surface area contributed by atoms with Gasteiger partial charge in [0.2, 0.25) is 0 Å². The Bertz CT molecular complexity index is 662. The van der Waals surface area contributed by atoms with Crippen molar-refractivity contribution >= 4 is 33.8 Å². The van der Waals surface area contributed by atoms with E-state index in [1.165, 1.54) is 18.3 Å². The van der Waals surface area contributed by atoms with Gasteiger partial charge in [-0.25, -0.2) is 4.79 Å². The van der Waals surface area contributed by atoms with Gasteiger partial charge in [0.15, 0.2) is 5.78 Å². The van der Waals surface area contributed by atoms with Crippen LogP contribution in [-0.4, -0.2) is 18.4 Å². The molecule has 0 aliphatic rings. The fraction of sp³-hybridized carbons (Fsp3) is 0.250. The van der Waals surface area contributed by atoms with E-state index in [1.807, 2.05) is 30.3 Å². The van der Waals surface area contributed by atoms with E-state index in [4.69, 9.17) is 4.74 Å². The lowest BCUT2D eigenvalue weighted by Crippen LogP contribution is -2.08. The minimum Gasteiger partial charge on any atom is -0.462 e. The van der Waals surface area contributed by atoms with E-state index < -0.39 is 5.97 Å². The van der Waals surface area contributed by atoms with Gasteiger partial charge in [-0.1, -0.05) is 18.2 Å². The molecular weight excluding hydrogens is 286 g/mol. The predicted molar refractivity (Wildman–Crippen MR) is 84.7 cm³/mol. The number of para-hydroxylation sites is 1. The molecule has 110 valence electrons. The number of rotatable bonds is 5. The Balaban J connectivity index is 2.45. The number of carbonyl (C=O) groups excluding carboxylic acids is 2. The average Bonchev–Trinajstić information content (AvgIpc) is 2.77. The molecule has 1 heterocycles. The van der Waals surface area contributed by atoms with Gasteiger partial charge in [0, 0.05) is 5.69 Å². The summed E-state index contributed by atoms with van der Waals surface area (Å²) in [5, 5.41) is 3.83. The summed E-state index contributed by atoms with van der Waals surface area (Å²) >= 11 is 1.28. The predicted octanol–water partition coefficient (Wildman–Crippen LogP) is 4.18. The van der Waals surface area contributed by atoms with E-state index in [0.717, 1.165) is 5.69 Å². The van der Waals surface area contributed by atoms with E-state index in [2.05, 4.69) is 5.32 Å². The molecule has 0 saturated heterocycles. The Hall–Kier alpha value is -2.14. The van der Waals surface area contributed by atoms with Crippen molar-refractivity contribution in [2.75, 3.05) is 11.9 Å². The van der Waals surface area contributed by atoms with Crippen molar-refractivity contribution < 1.29 is 14.3 Å². The summed E-state index contributed by atoms with van der Waals surface area (Å²) < 4.78 is 5.10. The molecule has 21 heavy (non-hydrogen) atoms. The third kappa shape index (κ3) is 3.31. The first-order chi connectivity index (χ1) is 10.0. The van der Waals surface area contributed by atoms with Crippen LogP contribution in [0, 0.1) is 6.92 Å². The Morgan fingerprint density at radius 1 is 1.24 bits per heavy atom. The normalized spacial score (nSPS) is 10.2. The molecule has 0 saturated carbocycles. The summed E-state index contributed by atoms with van der Waals surface area (Å²) in [6.07, 6.45) is 0. The number of benzene rings is 1. The fourth-order valence-corrected chi connectivity index (χ4v) is 3.15. The van der Waals surface area contributed by atoms with Crippen LogP contribution in [0.1, 0.15) is 39.4 Å². The standard InChI is InChI=1S/C16H17NO3S/c1-4-20-16(19)13-10(2)14(11(3)18)21-15(13)17-12-8-6-5-7-9-12/h5-9,17H,4H2,1-3H3. The minimum atomic E-state index is -0.405. The molecule has 0 unspecified atom stereocenters. The lowest BCUT2D eigenvalue weighted by atomic mass is 10.1. The highest BCUT2D eigenvalue weighted by Crippen LogP contribution is 2.35. The Labute approximate surface area is 127 Å². The van der Waals surface area contributed by atoms with Crippen LogP contribution in [0.25, 0.3) is 0 Å². The fourth-order valence-electron chi connectivity index (χ4n) is 2.04. The second kappa shape index (κ2) is 6.54.